The number of hydrogen-bond donors (Lipinski definition) is 1. The normalized spacial score (nSPS) is 11.3. The third kappa shape index (κ3) is 14.2. The van der Waals surface area contributed by atoms with Crippen molar-refractivity contribution in [3.8, 4) is 0 Å². The van der Waals surface area contributed by atoms with Crippen molar-refractivity contribution in [3.63, 3.8) is 0 Å². The lowest BCUT2D eigenvalue weighted by atomic mass is 10.1. The largest absolute Gasteiger partial charge is 0.392 e. The van der Waals surface area contributed by atoms with Crippen molar-refractivity contribution >= 4 is 15.9 Å². The molecule has 0 saturated heterocycles. The van der Waals surface area contributed by atoms with Crippen LogP contribution in [0.3, 0.4) is 0 Å². The molecule has 0 unspecified atom stereocenters. The number of aliphatic hydroxyl groups is 1. The summed E-state index contributed by atoms with van der Waals surface area (Å²) in [5.41, 5.74) is 0. The number of aliphatic hydroxyl groups excluding tert-OH is 1. The van der Waals surface area contributed by atoms with Gasteiger partial charge < -0.3 is 5.11 Å². The number of allylic oxidation sites excluding steroid dienone is 1. The third-order valence-electron chi connectivity index (χ3n) is 2.53. The van der Waals surface area contributed by atoms with E-state index in [1.54, 1.807) is 0 Å². The number of alkyl halides is 1. The molecule has 1 N–H and O–H groups in total. The molecule has 15 heavy (non-hydrogen) atoms. The van der Waals surface area contributed by atoms with Gasteiger partial charge in [-0.3, -0.25) is 0 Å². The average molecular weight is 277 g/mol. The molecule has 0 amide bonds. The highest BCUT2D eigenvalue weighted by Gasteiger charge is 1.91. The maximum absolute atomic E-state index is 8.52. The lowest BCUT2D eigenvalue weighted by Gasteiger charge is -2.00. The second kappa shape index (κ2) is 14.2. The van der Waals surface area contributed by atoms with E-state index in [0.717, 1.165) is 11.8 Å². The maximum Gasteiger partial charge on any atom is 0.0612 e. The summed E-state index contributed by atoms with van der Waals surface area (Å²) < 4.78 is 0. The number of halogens is 1. The van der Waals surface area contributed by atoms with Gasteiger partial charge in [0, 0.05) is 5.33 Å². The van der Waals surface area contributed by atoms with Gasteiger partial charge in [-0.1, -0.05) is 66.6 Å². The van der Waals surface area contributed by atoms with E-state index in [0.29, 0.717) is 0 Å². The fraction of sp³-hybridized carbons (Fsp3) is 0.846. The number of hydrogen-bond acceptors (Lipinski definition) is 1. The molecular formula is C13H25BrO. The Bertz CT molecular complexity index is 134. The monoisotopic (exact) mass is 276 g/mol. The summed E-state index contributed by atoms with van der Waals surface area (Å²) in [6.45, 7) is 0.188. The highest BCUT2D eigenvalue weighted by molar-refractivity contribution is 9.09. The molecule has 1 nitrogen and oxygen atoms in total. The lowest BCUT2D eigenvalue weighted by molar-refractivity contribution is 0.342. The molecule has 0 bridgehead atoms. The van der Waals surface area contributed by atoms with Gasteiger partial charge in [-0.25, -0.2) is 0 Å². The lowest BCUT2D eigenvalue weighted by Crippen LogP contribution is -1.81. The van der Waals surface area contributed by atoms with Crippen molar-refractivity contribution in [2.45, 2.75) is 57.8 Å². The van der Waals surface area contributed by atoms with Gasteiger partial charge >= 0.3 is 0 Å². The van der Waals surface area contributed by atoms with E-state index in [4.69, 9.17) is 5.11 Å². The van der Waals surface area contributed by atoms with Crippen molar-refractivity contribution in [3.05, 3.63) is 12.2 Å². The Morgan fingerprint density at radius 3 is 1.80 bits per heavy atom. The summed E-state index contributed by atoms with van der Waals surface area (Å²) in [7, 11) is 0. The highest BCUT2D eigenvalue weighted by atomic mass is 79.9. The second-order valence-electron chi connectivity index (χ2n) is 3.96. The van der Waals surface area contributed by atoms with Crippen molar-refractivity contribution in [1.82, 2.24) is 0 Å². The fourth-order valence-corrected chi connectivity index (χ4v) is 2.01. The van der Waals surface area contributed by atoms with Crippen LogP contribution in [0.25, 0.3) is 0 Å². The van der Waals surface area contributed by atoms with Crippen molar-refractivity contribution in [1.29, 1.82) is 0 Å². The van der Waals surface area contributed by atoms with Crippen LogP contribution in [0.15, 0.2) is 12.2 Å². The molecule has 0 aliphatic rings. The van der Waals surface area contributed by atoms with Gasteiger partial charge in [0.05, 0.1) is 6.61 Å². The van der Waals surface area contributed by atoms with E-state index in [9.17, 15) is 0 Å². The van der Waals surface area contributed by atoms with Crippen LogP contribution in [-0.4, -0.2) is 17.0 Å². The van der Waals surface area contributed by atoms with Crippen LogP contribution in [0.5, 0.6) is 0 Å². The van der Waals surface area contributed by atoms with Gasteiger partial charge in [0.25, 0.3) is 0 Å². The Hall–Kier alpha value is 0.180. The minimum atomic E-state index is 0.188. The summed E-state index contributed by atoms with van der Waals surface area (Å²) in [6, 6.07) is 0. The zero-order chi connectivity index (χ0) is 11.2. The first kappa shape index (κ1) is 15.2. The molecule has 90 valence electrons. The molecule has 0 aromatic rings. The Kier molecular flexibility index (Phi) is 14.4. The van der Waals surface area contributed by atoms with Crippen LogP contribution in [0.2, 0.25) is 0 Å². The van der Waals surface area contributed by atoms with Crippen LogP contribution in [0, 0.1) is 0 Å². The average Bonchev–Trinajstić information content (AvgIpc) is 2.26. The minimum Gasteiger partial charge on any atom is -0.392 e. The van der Waals surface area contributed by atoms with E-state index in [2.05, 4.69) is 22.0 Å². The molecule has 0 radical (unpaired) electrons. The molecule has 0 aliphatic carbocycles. The third-order valence-corrected chi connectivity index (χ3v) is 3.09. The van der Waals surface area contributed by atoms with Gasteiger partial charge in [0.1, 0.15) is 0 Å². The Morgan fingerprint density at radius 1 is 0.733 bits per heavy atom. The van der Waals surface area contributed by atoms with Gasteiger partial charge in [0.15, 0.2) is 0 Å². The number of unbranched alkanes of at least 4 members (excludes halogenated alkanes) is 8. The molecule has 2 heteroatoms. The SMILES string of the molecule is OC/C=C/CCCCCCCCCCBr. The van der Waals surface area contributed by atoms with Crippen LogP contribution in [-0.2, 0) is 0 Å². The van der Waals surface area contributed by atoms with Gasteiger partial charge in [-0.2, -0.15) is 0 Å². The van der Waals surface area contributed by atoms with E-state index in [1.165, 1.54) is 51.4 Å². The second-order valence-corrected chi connectivity index (χ2v) is 4.75. The summed E-state index contributed by atoms with van der Waals surface area (Å²) in [5, 5.41) is 9.68. The first-order valence-corrected chi connectivity index (χ1v) is 7.35. The summed E-state index contributed by atoms with van der Waals surface area (Å²) in [4.78, 5) is 0. The molecule has 0 fully saturated rings. The van der Waals surface area contributed by atoms with E-state index in [-0.39, 0.29) is 6.61 Å². The van der Waals surface area contributed by atoms with Crippen LogP contribution in [0.4, 0.5) is 0 Å². The molecule has 0 aromatic heterocycles. The molecular weight excluding hydrogens is 252 g/mol. The quantitative estimate of drug-likeness (QED) is 0.336. The molecule has 0 aromatic carbocycles. The van der Waals surface area contributed by atoms with Crippen LogP contribution in [0.1, 0.15) is 57.8 Å². The fourth-order valence-electron chi connectivity index (χ4n) is 1.61. The minimum absolute atomic E-state index is 0.188. The summed E-state index contributed by atoms with van der Waals surface area (Å²) in [5.74, 6) is 0. The van der Waals surface area contributed by atoms with Gasteiger partial charge in [0.2, 0.25) is 0 Å². The molecule has 0 spiro atoms. The first-order chi connectivity index (χ1) is 7.41. The maximum atomic E-state index is 8.52. The predicted octanol–water partition coefficient (Wildman–Crippen LogP) is 4.44. The standard InChI is InChI=1S/C13H25BrO/c14-12-10-8-6-4-2-1-3-5-7-9-11-13-15/h9,11,15H,1-8,10,12-13H2/b11-9+. The van der Waals surface area contributed by atoms with Crippen molar-refractivity contribution in [2.75, 3.05) is 11.9 Å². The molecule has 0 rings (SSSR count). The molecule has 0 atom stereocenters. The zero-order valence-electron chi connectivity index (χ0n) is 9.76. The molecule has 0 aliphatic heterocycles. The Labute approximate surface area is 103 Å². The first-order valence-electron chi connectivity index (χ1n) is 6.23. The molecule has 0 saturated carbocycles. The van der Waals surface area contributed by atoms with Gasteiger partial charge in [-0.15, -0.1) is 0 Å². The topological polar surface area (TPSA) is 20.2 Å². The van der Waals surface area contributed by atoms with Crippen LogP contribution >= 0.6 is 15.9 Å². The van der Waals surface area contributed by atoms with Crippen molar-refractivity contribution < 1.29 is 5.11 Å². The van der Waals surface area contributed by atoms with E-state index >= 15 is 0 Å². The summed E-state index contributed by atoms with van der Waals surface area (Å²) >= 11 is 3.45. The van der Waals surface area contributed by atoms with E-state index < -0.39 is 0 Å². The van der Waals surface area contributed by atoms with Crippen LogP contribution < -0.4 is 0 Å². The smallest absolute Gasteiger partial charge is 0.0612 e. The van der Waals surface area contributed by atoms with E-state index in [1.807, 2.05) is 6.08 Å². The van der Waals surface area contributed by atoms with Gasteiger partial charge in [-0.05, 0) is 19.3 Å². The summed E-state index contributed by atoms with van der Waals surface area (Å²) in [6.07, 6.45) is 15.9. The Balaban J connectivity index is 2.89. The highest BCUT2D eigenvalue weighted by Crippen LogP contribution is 2.10. The molecule has 0 heterocycles. The van der Waals surface area contributed by atoms with Crippen molar-refractivity contribution in [2.24, 2.45) is 0 Å². The Morgan fingerprint density at radius 2 is 1.27 bits per heavy atom. The predicted molar refractivity (Wildman–Crippen MR) is 71.6 cm³/mol. The zero-order valence-corrected chi connectivity index (χ0v) is 11.3. The number of rotatable bonds is 11.